The second-order valence-corrected chi connectivity index (χ2v) is 12.5. The number of hydrogen-bond acceptors (Lipinski definition) is 11. The Kier molecular flexibility index (Phi) is 11.9. The van der Waals surface area contributed by atoms with Crippen molar-refractivity contribution in [2.45, 2.75) is 96.9 Å². The molecule has 1 aliphatic heterocycles. The van der Waals surface area contributed by atoms with Crippen LogP contribution in [0.3, 0.4) is 0 Å². The van der Waals surface area contributed by atoms with Gasteiger partial charge in [-0.2, -0.15) is 4.98 Å². The lowest BCUT2D eigenvalue weighted by atomic mass is 10.1. The van der Waals surface area contributed by atoms with Crippen LogP contribution in [-0.4, -0.2) is 93.9 Å². The van der Waals surface area contributed by atoms with Crippen LogP contribution < -0.4 is 10.1 Å². The van der Waals surface area contributed by atoms with Crippen LogP contribution in [0.25, 0.3) is 11.4 Å². The van der Waals surface area contributed by atoms with E-state index in [1.165, 1.54) is 11.1 Å². The Morgan fingerprint density at radius 3 is 2.41 bits per heavy atom. The molecule has 0 spiro atoms. The van der Waals surface area contributed by atoms with E-state index in [1.807, 2.05) is 37.3 Å². The Hall–Kier alpha value is -4.26. The van der Waals surface area contributed by atoms with Crippen molar-refractivity contribution in [1.82, 2.24) is 25.2 Å². The van der Waals surface area contributed by atoms with E-state index >= 15 is 0 Å². The SMILES string of the molecule is CCOC(=O)ON1CCN(C(=O)[C@H](CCC(=O)OC(C)(C)C)NC(=O)c2cc(OC3CCCC3)nc(-c3ccccc3)n2)CC1C. The Bertz CT molecular complexity index is 1360. The van der Waals surface area contributed by atoms with Crippen LogP contribution in [0.15, 0.2) is 36.4 Å². The van der Waals surface area contributed by atoms with Gasteiger partial charge in [0, 0.05) is 31.1 Å². The summed E-state index contributed by atoms with van der Waals surface area (Å²) in [6.07, 6.45) is 3.06. The second kappa shape index (κ2) is 15.8. The van der Waals surface area contributed by atoms with E-state index in [1.54, 1.807) is 32.6 Å². The van der Waals surface area contributed by atoms with Gasteiger partial charge in [0.2, 0.25) is 11.8 Å². The maximum absolute atomic E-state index is 13.9. The van der Waals surface area contributed by atoms with Crippen LogP contribution in [0, 0.1) is 0 Å². The summed E-state index contributed by atoms with van der Waals surface area (Å²) in [6.45, 7) is 9.65. The summed E-state index contributed by atoms with van der Waals surface area (Å²) in [6, 6.07) is 9.36. The summed E-state index contributed by atoms with van der Waals surface area (Å²) in [5.41, 5.74) is 0.0514. The number of amides is 2. The highest BCUT2D eigenvalue weighted by Crippen LogP contribution is 2.26. The lowest BCUT2D eigenvalue weighted by molar-refractivity contribution is -0.176. The summed E-state index contributed by atoms with van der Waals surface area (Å²) in [5.74, 6) is -0.852. The molecule has 1 aliphatic carbocycles. The molecule has 1 saturated heterocycles. The fraction of sp³-hybridized carbons (Fsp3) is 0.576. The van der Waals surface area contributed by atoms with E-state index in [0.29, 0.717) is 11.4 Å². The van der Waals surface area contributed by atoms with Crippen molar-refractivity contribution in [3.05, 3.63) is 42.1 Å². The molecule has 2 fully saturated rings. The number of carbonyl (C=O) groups is 4. The molecule has 13 heteroatoms. The maximum atomic E-state index is 13.9. The minimum Gasteiger partial charge on any atom is -0.474 e. The van der Waals surface area contributed by atoms with E-state index < -0.39 is 29.7 Å². The average molecular weight is 640 g/mol. The van der Waals surface area contributed by atoms with Crippen molar-refractivity contribution in [3.63, 3.8) is 0 Å². The Labute approximate surface area is 269 Å². The molecule has 1 unspecified atom stereocenters. The van der Waals surface area contributed by atoms with E-state index in [2.05, 4.69) is 15.3 Å². The first-order chi connectivity index (χ1) is 21.9. The van der Waals surface area contributed by atoms with Crippen molar-refractivity contribution in [3.8, 4) is 17.3 Å². The van der Waals surface area contributed by atoms with Crippen molar-refractivity contribution in [1.29, 1.82) is 0 Å². The molecule has 46 heavy (non-hydrogen) atoms. The first kappa shape index (κ1) is 34.6. The topological polar surface area (TPSA) is 149 Å². The highest BCUT2D eigenvalue weighted by molar-refractivity contribution is 5.96. The number of carbonyl (C=O) groups excluding carboxylic acids is 4. The molecule has 1 aromatic carbocycles. The minimum absolute atomic E-state index is 0.00561. The van der Waals surface area contributed by atoms with E-state index in [0.717, 1.165) is 25.7 Å². The zero-order chi connectivity index (χ0) is 33.3. The summed E-state index contributed by atoms with van der Waals surface area (Å²) < 4.78 is 16.5. The summed E-state index contributed by atoms with van der Waals surface area (Å²) in [5, 5.41) is 4.29. The van der Waals surface area contributed by atoms with Crippen LogP contribution in [0.4, 0.5) is 4.79 Å². The van der Waals surface area contributed by atoms with Crippen molar-refractivity contribution in [2.75, 3.05) is 26.2 Å². The van der Waals surface area contributed by atoms with Crippen molar-refractivity contribution >= 4 is 23.9 Å². The Morgan fingerprint density at radius 1 is 1.04 bits per heavy atom. The molecular formula is C33H45N5O8. The fourth-order valence-corrected chi connectivity index (χ4v) is 5.38. The van der Waals surface area contributed by atoms with Gasteiger partial charge in [0.05, 0.1) is 19.2 Å². The number of hydrogen-bond donors (Lipinski definition) is 1. The van der Waals surface area contributed by atoms with Gasteiger partial charge in [0.1, 0.15) is 23.4 Å². The van der Waals surface area contributed by atoms with Gasteiger partial charge in [-0.3, -0.25) is 14.4 Å². The molecule has 2 amide bonds. The van der Waals surface area contributed by atoms with Gasteiger partial charge in [-0.1, -0.05) is 30.3 Å². The van der Waals surface area contributed by atoms with Gasteiger partial charge in [-0.15, -0.1) is 5.06 Å². The zero-order valence-corrected chi connectivity index (χ0v) is 27.3. The average Bonchev–Trinajstić information content (AvgIpc) is 3.52. The van der Waals surface area contributed by atoms with Crippen LogP contribution in [0.2, 0.25) is 0 Å². The third kappa shape index (κ3) is 10.1. The van der Waals surface area contributed by atoms with Crippen LogP contribution in [0.5, 0.6) is 5.88 Å². The number of hydroxylamine groups is 2. The second-order valence-electron chi connectivity index (χ2n) is 12.5. The number of piperazine rings is 1. The molecular weight excluding hydrogens is 594 g/mol. The monoisotopic (exact) mass is 639 g/mol. The lowest BCUT2D eigenvalue weighted by Crippen LogP contribution is -2.58. The molecule has 0 radical (unpaired) electrons. The molecule has 2 atom stereocenters. The predicted octanol–water partition coefficient (Wildman–Crippen LogP) is 4.31. The van der Waals surface area contributed by atoms with Crippen LogP contribution >= 0.6 is 0 Å². The molecule has 250 valence electrons. The van der Waals surface area contributed by atoms with E-state index in [4.69, 9.17) is 19.0 Å². The zero-order valence-electron chi connectivity index (χ0n) is 27.3. The number of nitrogens with one attached hydrogen (secondary N) is 1. The smallest absolute Gasteiger partial charge is 0.474 e. The number of aromatic nitrogens is 2. The Balaban J connectivity index is 1.54. The molecule has 2 heterocycles. The molecule has 2 aromatic rings. The molecule has 4 rings (SSSR count). The van der Waals surface area contributed by atoms with Gasteiger partial charge >= 0.3 is 12.1 Å². The Morgan fingerprint density at radius 2 is 1.76 bits per heavy atom. The summed E-state index contributed by atoms with van der Waals surface area (Å²) in [7, 11) is 0. The molecule has 1 saturated carbocycles. The third-order valence-electron chi connectivity index (χ3n) is 7.55. The van der Waals surface area contributed by atoms with Gasteiger partial charge in [-0.05, 0) is 66.7 Å². The van der Waals surface area contributed by atoms with Crippen molar-refractivity contribution in [2.24, 2.45) is 0 Å². The van der Waals surface area contributed by atoms with Gasteiger partial charge < -0.3 is 29.3 Å². The number of ether oxygens (including phenoxy) is 3. The number of nitrogens with zero attached hydrogens (tertiary/aromatic N) is 4. The molecule has 13 nitrogen and oxygen atoms in total. The number of esters is 1. The normalized spacial score (nSPS) is 18.0. The molecule has 1 aromatic heterocycles. The van der Waals surface area contributed by atoms with Gasteiger partial charge in [0.15, 0.2) is 5.82 Å². The number of benzene rings is 1. The van der Waals surface area contributed by atoms with Gasteiger partial charge in [0.25, 0.3) is 5.91 Å². The fourth-order valence-electron chi connectivity index (χ4n) is 5.38. The number of rotatable bonds is 11. The quantitative estimate of drug-likeness (QED) is 0.351. The standard InChI is InChI=1S/C33H45N5O8/c1-6-43-32(42)46-38-19-18-37(21-22(38)2)31(41)25(16-17-28(39)45-33(3,4)5)35-30(40)26-20-27(44-24-14-10-11-15-24)36-29(34-26)23-12-8-7-9-13-23/h7-9,12-13,20,22,24-25H,6,10-11,14-19,21H2,1-5H3,(H,35,40)/t22?,25-/m0/s1. The maximum Gasteiger partial charge on any atom is 0.527 e. The van der Waals surface area contributed by atoms with Crippen LogP contribution in [0.1, 0.15) is 83.6 Å². The third-order valence-corrected chi connectivity index (χ3v) is 7.55. The van der Waals surface area contributed by atoms with E-state index in [9.17, 15) is 19.2 Å². The van der Waals surface area contributed by atoms with Crippen LogP contribution in [-0.2, 0) is 23.9 Å². The van der Waals surface area contributed by atoms with E-state index in [-0.39, 0.29) is 68.7 Å². The highest BCUT2D eigenvalue weighted by Gasteiger charge is 2.34. The molecule has 1 N–H and O–H groups in total. The molecule has 0 bridgehead atoms. The minimum atomic E-state index is -1.06. The first-order valence-corrected chi connectivity index (χ1v) is 16.0. The predicted molar refractivity (Wildman–Crippen MR) is 168 cm³/mol. The first-order valence-electron chi connectivity index (χ1n) is 16.0. The van der Waals surface area contributed by atoms with Gasteiger partial charge in [-0.25, -0.2) is 9.78 Å². The lowest BCUT2D eigenvalue weighted by Gasteiger charge is -2.39. The molecule has 2 aliphatic rings. The highest BCUT2D eigenvalue weighted by atomic mass is 16.8. The largest absolute Gasteiger partial charge is 0.527 e. The van der Waals surface area contributed by atoms with Crippen molar-refractivity contribution < 1.29 is 38.2 Å². The summed E-state index contributed by atoms with van der Waals surface area (Å²) in [4.78, 5) is 68.0. The summed E-state index contributed by atoms with van der Waals surface area (Å²) >= 11 is 0.